The van der Waals surface area contributed by atoms with E-state index in [-0.39, 0.29) is 18.8 Å². The topological polar surface area (TPSA) is 121 Å². The van der Waals surface area contributed by atoms with Crippen LogP contribution in [-0.2, 0) is 17.9 Å². The van der Waals surface area contributed by atoms with Gasteiger partial charge in [0.25, 0.3) is 0 Å². The van der Waals surface area contributed by atoms with Gasteiger partial charge in [0.2, 0.25) is 0 Å². The zero-order valence-electron chi connectivity index (χ0n) is 10.8. The van der Waals surface area contributed by atoms with Crippen LogP contribution in [0.15, 0.2) is 0 Å². The highest BCUT2D eigenvalue weighted by Crippen LogP contribution is 2.34. The van der Waals surface area contributed by atoms with Crippen molar-refractivity contribution in [2.24, 2.45) is 0 Å². The molecule has 1 aliphatic rings. The number of carbonyl (C=O) groups is 1. The molecule has 2 heterocycles. The second-order valence-electron chi connectivity index (χ2n) is 4.55. The molecular weight excluding hydrogens is 266 g/mol. The Kier molecular flexibility index (Phi) is 3.14. The summed E-state index contributed by atoms with van der Waals surface area (Å²) in [7, 11) is 1.48. The molecule has 1 aliphatic carbocycles. The minimum atomic E-state index is -1.13. The number of rotatable bonds is 6. The van der Waals surface area contributed by atoms with Crippen LogP contribution in [0.5, 0.6) is 0 Å². The third kappa shape index (κ3) is 2.25. The Bertz CT molecular complexity index is 631. The largest absolute Gasteiger partial charge is 0.476 e. The van der Waals surface area contributed by atoms with Crippen LogP contribution in [0.25, 0.3) is 0 Å². The van der Waals surface area contributed by atoms with Gasteiger partial charge in [0.05, 0.1) is 18.3 Å². The number of ether oxygens (including phenoxy) is 1. The number of methoxy groups -OCH3 is 1. The number of hydrogen-bond acceptors (Lipinski definition) is 7. The first-order chi connectivity index (χ1) is 9.70. The number of aromatic nitrogens is 7. The maximum absolute atomic E-state index is 11.1. The predicted octanol–water partition coefficient (Wildman–Crippen LogP) is -0.508. The molecule has 10 heteroatoms. The molecule has 0 amide bonds. The Morgan fingerprint density at radius 3 is 2.85 bits per heavy atom. The Balaban J connectivity index is 1.89. The fourth-order valence-electron chi connectivity index (χ4n) is 1.96. The highest BCUT2D eigenvalue weighted by atomic mass is 16.5. The Morgan fingerprint density at radius 1 is 1.40 bits per heavy atom. The smallest absolute Gasteiger partial charge is 0.358 e. The molecule has 0 spiro atoms. The van der Waals surface area contributed by atoms with E-state index < -0.39 is 5.97 Å². The van der Waals surface area contributed by atoms with Gasteiger partial charge in [-0.2, -0.15) is 0 Å². The van der Waals surface area contributed by atoms with E-state index >= 15 is 0 Å². The minimum Gasteiger partial charge on any atom is -0.476 e. The van der Waals surface area contributed by atoms with Gasteiger partial charge in [0.15, 0.2) is 11.5 Å². The van der Waals surface area contributed by atoms with E-state index in [1.165, 1.54) is 11.8 Å². The van der Waals surface area contributed by atoms with E-state index in [0.29, 0.717) is 17.6 Å². The Hall–Kier alpha value is -2.36. The summed E-state index contributed by atoms with van der Waals surface area (Å²) >= 11 is 0. The summed E-state index contributed by atoms with van der Waals surface area (Å²) in [6.07, 6.45) is 2.11. The fourth-order valence-corrected chi connectivity index (χ4v) is 1.96. The number of nitrogens with zero attached hydrogens (tertiary/aromatic N) is 7. The quantitative estimate of drug-likeness (QED) is 0.750. The molecule has 20 heavy (non-hydrogen) atoms. The van der Waals surface area contributed by atoms with Gasteiger partial charge in [0.1, 0.15) is 6.54 Å². The summed E-state index contributed by atoms with van der Waals surface area (Å²) in [6, 6.07) is 0.341. The van der Waals surface area contributed by atoms with Crippen LogP contribution in [0.3, 0.4) is 0 Å². The van der Waals surface area contributed by atoms with E-state index in [1.54, 1.807) is 4.68 Å². The van der Waals surface area contributed by atoms with Gasteiger partial charge < -0.3 is 9.84 Å². The lowest BCUT2D eigenvalue weighted by molar-refractivity contribution is 0.0684. The number of aromatic carboxylic acids is 1. The van der Waals surface area contributed by atoms with Crippen molar-refractivity contribution in [2.75, 3.05) is 7.11 Å². The first-order valence-electron chi connectivity index (χ1n) is 6.12. The normalized spacial score (nSPS) is 14.7. The minimum absolute atomic E-state index is 0.111. The molecule has 2 aromatic rings. The van der Waals surface area contributed by atoms with E-state index in [4.69, 9.17) is 9.84 Å². The molecule has 10 nitrogen and oxygen atoms in total. The first-order valence-corrected chi connectivity index (χ1v) is 6.12. The molecule has 1 fully saturated rings. The zero-order chi connectivity index (χ0) is 14.1. The highest BCUT2D eigenvalue weighted by molar-refractivity contribution is 5.86. The SMILES string of the molecule is COCc1c(C(=O)O)nnn1Cc1nnnn1C1CC1. The molecule has 0 radical (unpaired) electrons. The van der Waals surface area contributed by atoms with Crippen molar-refractivity contribution < 1.29 is 14.6 Å². The molecule has 0 aromatic carbocycles. The van der Waals surface area contributed by atoms with Crippen molar-refractivity contribution in [1.82, 2.24) is 35.2 Å². The molecule has 3 rings (SSSR count). The average molecular weight is 279 g/mol. The molecule has 0 aliphatic heterocycles. The maximum atomic E-state index is 11.1. The van der Waals surface area contributed by atoms with E-state index in [0.717, 1.165) is 12.8 Å². The van der Waals surface area contributed by atoms with E-state index in [9.17, 15) is 4.79 Å². The molecule has 2 aromatic heterocycles. The number of tetrazole rings is 1. The van der Waals surface area contributed by atoms with Crippen molar-refractivity contribution in [1.29, 1.82) is 0 Å². The predicted molar refractivity (Wildman–Crippen MR) is 62.9 cm³/mol. The van der Waals surface area contributed by atoms with Crippen LogP contribution < -0.4 is 0 Å². The van der Waals surface area contributed by atoms with Crippen LogP contribution in [0.4, 0.5) is 0 Å². The summed E-state index contributed by atoms with van der Waals surface area (Å²) in [5.74, 6) is -0.503. The Labute approximate surface area is 113 Å². The summed E-state index contributed by atoms with van der Waals surface area (Å²) in [4.78, 5) is 11.1. The fraction of sp³-hybridized carbons (Fsp3) is 0.600. The van der Waals surface area contributed by atoms with Crippen LogP contribution >= 0.6 is 0 Å². The molecule has 1 N–H and O–H groups in total. The maximum Gasteiger partial charge on any atom is 0.358 e. The van der Waals surface area contributed by atoms with Crippen LogP contribution in [0.1, 0.15) is 40.9 Å². The third-order valence-corrected chi connectivity index (χ3v) is 3.07. The number of carboxylic acid groups (broad SMARTS) is 1. The van der Waals surface area contributed by atoms with Crippen LogP contribution in [0, 0.1) is 0 Å². The number of hydrogen-bond donors (Lipinski definition) is 1. The summed E-state index contributed by atoms with van der Waals surface area (Å²) in [5.41, 5.74) is 0.280. The van der Waals surface area contributed by atoms with Crippen molar-refractivity contribution >= 4 is 5.97 Å². The van der Waals surface area contributed by atoms with E-state index in [2.05, 4.69) is 25.8 Å². The lowest BCUT2D eigenvalue weighted by Crippen LogP contribution is -2.14. The monoisotopic (exact) mass is 279 g/mol. The van der Waals surface area contributed by atoms with Crippen molar-refractivity contribution in [3.63, 3.8) is 0 Å². The summed E-state index contributed by atoms with van der Waals surface area (Å²) in [5, 5.41) is 28.1. The van der Waals surface area contributed by atoms with E-state index in [1.807, 2.05) is 0 Å². The van der Waals surface area contributed by atoms with Gasteiger partial charge in [-0.25, -0.2) is 14.2 Å². The van der Waals surface area contributed by atoms with Crippen LogP contribution in [-0.4, -0.2) is 53.4 Å². The van der Waals surface area contributed by atoms with Gasteiger partial charge in [-0.1, -0.05) is 5.21 Å². The summed E-state index contributed by atoms with van der Waals surface area (Å²) < 4.78 is 8.21. The second kappa shape index (κ2) is 4.96. The van der Waals surface area contributed by atoms with Crippen molar-refractivity contribution in [3.05, 3.63) is 17.2 Å². The molecule has 106 valence electrons. The molecular formula is C10H13N7O3. The lowest BCUT2D eigenvalue weighted by atomic mass is 10.3. The van der Waals surface area contributed by atoms with Gasteiger partial charge in [-0.15, -0.1) is 10.2 Å². The van der Waals surface area contributed by atoms with Crippen molar-refractivity contribution in [2.45, 2.75) is 32.0 Å². The number of carboxylic acids is 1. The molecule has 0 unspecified atom stereocenters. The molecule has 0 atom stereocenters. The third-order valence-electron chi connectivity index (χ3n) is 3.07. The summed E-state index contributed by atoms with van der Waals surface area (Å²) in [6.45, 7) is 0.377. The molecule has 0 saturated heterocycles. The second-order valence-corrected chi connectivity index (χ2v) is 4.55. The van der Waals surface area contributed by atoms with Crippen molar-refractivity contribution in [3.8, 4) is 0 Å². The molecule has 1 saturated carbocycles. The van der Waals surface area contributed by atoms with Gasteiger partial charge in [-0.3, -0.25) is 0 Å². The standard InChI is InChI=1S/C10H13N7O3/c1-20-5-7-9(10(18)19)12-14-16(7)4-8-11-13-15-17(8)6-2-3-6/h6H,2-5H2,1H3,(H,18,19). The lowest BCUT2D eigenvalue weighted by Gasteiger charge is -2.06. The van der Waals surface area contributed by atoms with Gasteiger partial charge in [0, 0.05) is 7.11 Å². The van der Waals surface area contributed by atoms with Gasteiger partial charge in [-0.05, 0) is 23.3 Å². The highest BCUT2D eigenvalue weighted by Gasteiger charge is 2.28. The van der Waals surface area contributed by atoms with Crippen LogP contribution in [0.2, 0.25) is 0 Å². The average Bonchev–Trinajstić information content (AvgIpc) is 3.03. The zero-order valence-corrected chi connectivity index (χ0v) is 10.8. The Morgan fingerprint density at radius 2 is 2.20 bits per heavy atom. The first kappa shape index (κ1) is 12.7. The molecule has 0 bridgehead atoms. The van der Waals surface area contributed by atoms with Gasteiger partial charge >= 0.3 is 5.97 Å².